The van der Waals surface area contributed by atoms with Gasteiger partial charge >= 0.3 is 0 Å². The average Bonchev–Trinajstić information content (AvgIpc) is 2.38. The highest BCUT2D eigenvalue weighted by molar-refractivity contribution is 5.86. The fourth-order valence-corrected chi connectivity index (χ4v) is 2.09. The first-order valence-corrected chi connectivity index (χ1v) is 5.67. The third kappa shape index (κ3) is 2.07. The van der Waals surface area contributed by atoms with Crippen molar-refractivity contribution < 1.29 is 4.79 Å². The van der Waals surface area contributed by atoms with Crippen LogP contribution in [-0.4, -0.2) is 30.0 Å². The molecular weight excluding hydrogens is 216 g/mol. The molecule has 1 saturated heterocycles. The van der Waals surface area contributed by atoms with Gasteiger partial charge in [0, 0.05) is 19.3 Å². The van der Waals surface area contributed by atoms with Gasteiger partial charge in [-0.3, -0.25) is 4.79 Å². The number of carbonyl (C=O) groups is 1. The lowest BCUT2D eigenvalue weighted by molar-refractivity contribution is -0.123. The molecule has 0 bridgehead atoms. The maximum absolute atomic E-state index is 11.7. The van der Waals surface area contributed by atoms with Crippen molar-refractivity contribution in [2.24, 2.45) is 0 Å². The van der Waals surface area contributed by atoms with Crippen LogP contribution in [0.5, 0.6) is 0 Å². The number of amides is 1. The minimum absolute atomic E-state index is 0.00768. The van der Waals surface area contributed by atoms with Crippen LogP contribution in [0.25, 0.3) is 0 Å². The SMILES string of the molecule is CCC1C(=O)NCCN1c1ncccc1C#N. The summed E-state index contributed by atoms with van der Waals surface area (Å²) in [4.78, 5) is 17.9. The Morgan fingerprint density at radius 3 is 3.24 bits per heavy atom. The number of piperazine rings is 1. The predicted molar refractivity (Wildman–Crippen MR) is 63.4 cm³/mol. The number of hydrogen-bond acceptors (Lipinski definition) is 4. The molecule has 0 aromatic carbocycles. The molecule has 5 heteroatoms. The molecule has 88 valence electrons. The molecule has 1 aromatic rings. The maximum atomic E-state index is 11.7. The summed E-state index contributed by atoms with van der Waals surface area (Å²) in [6, 6.07) is 5.34. The van der Waals surface area contributed by atoms with Crippen molar-refractivity contribution in [1.29, 1.82) is 5.26 Å². The average molecular weight is 230 g/mol. The van der Waals surface area contributed by atoms with Crippen molar-refractivity contribution in [2.75, 3.05) is 18.0 Å². The third-order valence-electron chi connectivity index (χ3n) is 2.90. The monoisotopic (exact) mass is 230 g/mol. The van der Waals surface area contributed by atoms with E-state index in [4.69, 9.17) is 5.26 Å². The lowest BCUT2D eigenvalue weighted by Gasteiger charge is -2.35. The number of pyridine rings is 1. The number of hydrogen-bond donors (Lipinski definition) is 1. The van der Waals surface area contributed by atoms with E-state index in [-0.39, 0.29) is 11.9 Å². The molecule has 0 aliphatic carbocycles. The molecule has 1 amide bonds. The Kier molecular flexibility index (Phi) is 3.24. The molecule has 0 saturated carbocycles. The summed E-state index contributed by atoms with van der Waals surface area (Å²) in [6.07, 6.45) is 2.35. The molecule has 2 heterocycles. The fraction of sp³-hybridized carbons (Fsp3) is 0.417. The zero-order valence-electron chi connectivity index (χ0n) is 9.68. The molecule has 1 N–H and O–H groups in total. The highest BCUT2D eigenvalue weighted by atomic mass is 16.2. The summed E-state index contributed by atoms with van der Waals surface area (Å²) < 4.78 is 0. The molecule has 5 nitrogen and oxygen atoms in total. The number of anilines is 1. The van der Waals surface area contributed by atoms with Gasteiger partial charge in [-0.2, -0.15) is 5.26 Å². The van der Waals surface area contributed by atoms with Crippen LogP contribution in [0.2, 0.25) is 0 Å². The first-order chi connectivity index (χ1) is 8.27. The van der Waals surface area contributed by atoms with Crippen LogP contribution in [0.4, 0.5) is 5.82 Å². The maximum Gasteiger partial charge on any atom is 0.242 e. The van der Waals surface area contributed by atoms with E-state index in [1.807, 2.05) is 11.8 Å². The molecule has 17 heavy (non-hydrogen) atoms. The van der Waals surface area contributed by atoms with Gasteiger partial charge in [0.2, 0.25) is 5.91 Å². The summed E-state index contributed by atoms with van der Waals surface area (Å²) in [7, 11) is 0. The van der Waals surface area contributed by atoms with Gasteiger partial charge in [-0.05, 0) is 18.6 Å². The highest BCUT2D eigenvalue weighted by Crippen LogP contribution is 2.21. The first-order valence-electron chi connectivity index (χ1n) is 5.67. The minimum atomic E-state index is -0.231. The number of nitrogens with one attached hydrogen (secondary N) is 1. The molecule has 2 rings (SSSR count). The van der Waals surface area contributed by atoms with Crippen molar-refractivity contribution in [3.63, 3.8) is 0 Å². The molecule has 1 aliphatic heterocycles. The number of aromatic nitrogens is 1. The van der Waals surface area contributed by atoms with Crippen LogP contribution in [0.3, 0.4) is 0 Å². The van der Waals surface area contributed by atoms with E-state index in [1.54, 1.807) is 18.3 Å². The Labute approximate surface area is 100 Å². The Bertz CT molecular complexity index is 466. The second kappa shape index (κ2) is 4.83. The largest absolute Gasteiger partial charge is 0.353 e. The first kappa shape index (κ1) is 11.4. The molecular formula is C12H14N4O. The highest BCUT2D eigenvalue weighted by Gasteiger charge is 2.30. The lowest BCUT2D eigenvalue weighted by atomic mass is 10.1. The second-order valence-electron chi connectivity index (χ2n) is 3.89. The molecule has 0 radical (unpaired) electrons. The van der Waals surface area contributed by atoms with E-state index in [9.17, 15) is 4.79 Å². The fourth-order valence-electron chi connectivity index (χ4n) is 2.09. The quantitative estimate of drug-likeness (QED) is 0.810. The van der Waals surface area contributed by atoms with Gasteiger partial charge in [-0.15, -0.1) is 0 Å². The van der Waals surface area contributed by atoms with Crippen LogP contribution < -0.4 is 10.2 Å². The van der Waals surface area contributed by atoms with E-state index < -0.39 is 0 Å². The van der Waals surface area contributed by atoms with Gasteiger partial charge in [0.25, 0.3) is 0 Å². The van der Waals surface area contributed by atoms with Gasteiger partial charge in [-0.25, -0.2) is 4.98 Å². The van der Waals surface area contributed by atoms with Gasteiger partial charge in [-0.1, -0.05) is 6.92 Å². The molecule has 0 spiro atoms. The van der Waals surface area contributed by atoms with E-state index in [1.165, 1.54) is 0 Å². The zero-order valence-corrected chi connectivity index (χ0v) is 9.68. The molecule has 1 aromatic heterocycles. The van der Waals surface area contributed by atoms with Crippen molar-refractivity contribution in [2.45, 2.75) is 19.4 Å². The summed E-state index contributed by atoms with van der Waals surface area (Å²) >= 11 is 0. The second-order valence-corrected chi connectivity index (χ2v) is 3.89. The van der Waals surface area contributed by atoms with Gasteiger partial charge in [0.15, 0.2) is 0 Å². The normalized spacial score (nSPS) is 19.6. The lowest BCUT2D eigenvalue weighted by Crippen LogP contribution is -2.55. The summed E-state index contributed by atoms with van der Waals surface area (Å²) in [5.74, 6) is 0.616. The number of rotatable bonds is 2. The predicted octanol–water partition coefficient (Wildman–Crippen LogP) is 0.668. The van der Waals surface area contributed by atoms with Crippen molar-refractivity contribution in [1.82, 2.24) is 10.3 Å². The van der Waals surface area contributed by atoms with E-state index in [0.29, 0.717) is 30.9 Å². The van der Waals surface area contributed by atoms with E-state index >= 15 is 0 Å². The van der Waals surface area contributed by atoms with Crippen molar-refractivity contribution in [3.8, 4) is 6.07 Å². The number of carbonyl (C=O) groups excluding carboxylic acids is 1. The zero-order chi connectivity index (χ0) is 12.3. The molecule has 1 atom stereocenters. The van der Waals surface area contributed by atoms with Crippen molar-refractivity contribution >= 4 is 11.7 Å². The van der Waals surface area contributed by atoms with Crippen LogP contribution in [-0.2, 0) is 4.79 Å². The smallest absolute Gasteiger partial charge is 0.242 e. The van der Waals surface area contributed by atoms with Crippen molar-refractivity contribution in [3.05, 3.63) is 23.9 Å². The molecule has 1 unspecified atom stereocenters. The minimum Gasteiger partial charge on any atom is -0.353 e. The van der Waals surface area contributed by atoms with E-state index in [2.05, 4.69) is 16.4 Å². The molecule has 1 fully saturated rings. The van der Waals surface area contributed by atoms with Crippen LogP contribution in [0.1, 0.15) is 18.9 Å². The Hall–Kier alpha value is -2.09. The van der Waals surface area contributed by atoms with Gasteiger partial charge in [0.1, 0.15) is 17.9 Å². The van der Waals surface area contributed by atoms with Gasteiger partial charge < -0.3 is 10.2 Å². The Morgan fingerprint density at radius 1 is 1.71 bits per heavy atom. The Morgan fingerprint density at radius 2 is 2.53 bits per heavy atom. The number of nitriles is 1. The third-order valence-corrected chi connectivity index (χ3v) is 2.90. The van der Waals surface area contributed by atoms with Crippen LogP contribution in [0, 0.1) is 11.3 Å². The Balaban J connectivity index is 2.37. The topological polar surface area (TPSA) is 69.0 Å². The van der Waals surface area contributed by atoms with Crippen LogP contribution in [0.15, 0.2) is 18.3 Å². The summed E-state index contributed by atoms with van der Waals surface area (Å²) in [5, 5.41) is 11.9. The molecule has 1 aliphatic rings. The van der Waals surface area contributed by atoms with E-state index in [0.717, 1.165) is 0 Å². The van der Waals surface area contributed by atoms with Gasteiger partial charge in [0.05, 0.1) is 5.56 Å². The number of nitrogens with zero attached hydrogens (tertiary/aromatic N) is 3. The summed E-state index contributed by atoms with van der Waals surface area (Å²) in [6.45, 7) is 3.24. The summed E-state index contributed by atoms with van der Waals surface area (Å²) in [5.41, 5.74) is 0.514. The standard InChI is InChI=1S/C12H14N4O/c1-2-10-12(17)15-6-7-16(10)11-9(8-13)4-3-5-14-11/h3-5,10H,2,6-7H2,1H3,(H,15,17). The van der Waals surface area contributed by atoms with Crippen LogP contribution >= 0.6 is 0 Å².